The monoisotopic (exact) mass is 864 g/mol. The molecule has 356 valence electrons. The fourth-order valence-corrected chi connectivity index (χ4v) is 7.25. The quantitative estimate of drug-likeness (QED) is 0.0322. The van der Waals surface area contributed by atoms with E-state index in [1.807, 2.05) is 0 Å². The Hall–Kier alpha value is -2.96. The molecule has 0 saturated heterocycles. The number of ether oxygens (including phenoxy) is 1. The van der Waals surface area contributed by atoms with Crippen molar-refractivity contribution in [3.8, 4) is 0 Å². The molecule has 0 spiro atoms. The minimum absolute atomic E-state index is 0.0267. The fraction of sp³-hybridized carbons (Fsp3) is 0.714. The first-order valence-corrected chi connectivity index (χ1v) is 25.8. The van der Waals surface area contributed by atoms with Gasteiger partial charge in [0, 0.05) is 6.42 Å². The van der Waals surface area contributed by atoms with Crippen molar-refractivity contribution in [2.24, 2.45) is 0 Å². The van der Waals surface area contributed by atoms with E-state index in [0.29, 0.717) is 19.3 Å². The molecule has 3 unspecified atom stereocenters. The van der Waals surface area contributed by atoms with Gasteiger partial charge in [-0.3, -0.25) is 9.59 Å². The second-order valence-electron chi connectivity index (χ2n) is 17.2. The molecule has 3 N–H and O–H groups in total. The zero-order chi connectivity index (χ0) is 45.2. The van der Waals surface area contributed by atoms with Crippen LogP contribution in [0.15, 0.2) is 85.1 Å². The molecular weight excluding hydrogens is 767 g/mol. The lowest BCUT2D eigenvalue weighted by molar-refractivity contribution is -0.151. The van der Waals surface area contributed by atoms with Crippen LogP contribution in [0.4, 0.5) is 0 Å². The topological polar surface area (TPSA) is 95.9 Å². The second kappa shape index (κ2) is 49.1. The van der Waals surface area contributed by atoms with Gasteiger partial charge in [0.2, 0.25) is 5.91 Å². The van der Waals surface area contributed by atoms with Gasteiger partial charge >= 0.3 is 5.97 Å². The Kier molecular flexibility index (Phi) is 46.7. The lowest BCUT2D eigenvalue weighted by Crippen LogP contribution is -2.46. The minimum Gasteiger partial charge on any atom is -0.462 e. The predicted octanol–water partition coefficient (Wildman–Crippen LogP) is 15.6. The van der Waals surface area contributed by atoms with Crippen molar-refractivity contribution >= 4 is 11.9 Å². The summed E-state index contributed by atoms with van der Waals surface area (Å²) in [5.41, 5.74) is 0. The summed E-state index contributed by atoms with van der Waals surface area (Å²) in [7, 11) is 0. The number of amides is 1. The third kappa shape index (κ3) is 43.7. The van der Waals surface area contributed by atoms with Crippen LogP contribution in [-0.2, 0) is 14.3 Å². The van der Waals surface area contributed by atoms with Gasteiger partial charge in [-0.1, -0.05) is 202 Å². The molecule has 6 nitrogen and oxygen atoms in total. The van der Waals surface area contributed by atoms with Crippen molar-refractivity contribution in [2.75, 3.05) is 6.61 Å². The van der Waals surface area contributed by atoms with Crippen LogP contribution in [0.5, 0.6) is 0 Å². The molecule has 0 aliphatic carbocycles. The summed E-state index contributed by atoms with van der Waals surface area (Å²) >= 11 is 0. The molecule has 1 amide bonds. The van der Waals surface area contributed by atoms with E-state index in [1.54, 1.807) is 0 Å². The fourth-order valence-electron chi connectivity index (χ4n) is 7.25. The van der Waals surface area contributed by atoms with Crippen molar-refractivity contribution < 1.29 is 24.5 Å². The zero-order valence-corrected chi connectivity index (χ0v) is 40.5. The van der Waals surface area contributed by atoms with E-state index in [-0.39, 0.29) is 24.9 Å². The van der Waals surface area contributed by atoms with E-state index in [4.69, 9.17) is 4.74 Å². The van der Waals surface area contributed by atoms with Gasteiger partial charge in [0.25, 0.3) is 0 Å². The van der Waals surface area contributed by atoms with Crippen molar-refractivity contribution in [3.63, 3.8) is 0 Å². The Bertz CT molecular complexity index is 1200. The second-order valence-corrected chi connectivity index (χ2v) is 17.2. The van der Waals surface area contributed by atoms with E-state index >= 15 is 0 Å². The number of carbonyl (C=O) groups excluding carboxylic acids is 2. The van der Waals surface area contributed by atoms with E-state index in [9.17, 15) is 19.8 Å². The van der Waals surface area contributed by atoms with Crippen LogP contribution < -0.4 is 5.32 Å². The number of allylic oxidation sites excluding steroid dienone is 14. The number of nitrogens with one attached hydrogen (secondary N) is 1. The molecule has 0 aromatic rings. The zero-order valence-electron chi connectivity index (χ0n) is 40.5. The van der Waals surface area contributed by atoms with Crippen LogP contribution in [0, 0.1) is 0 Å². The Morgan fingerprint density at radius 3 is 1.31 bits per heavy atom. The normalized spacial score (nSPS) is 14.0. The van der Waals surface area contributed by atoms with Crippen molar-refractivity contribution in [1.29, 1.82) is 0 Å². The van der Waals surface area contributed by atoms with Gasteiger partial charge in [-0.2, -0.15) is 0 Å². The summed E-state index contributed by atoms with van der Waals surface area (Å²) in [5.74, 6) is -0.559. The molecular formula is C56H97NO5. The first-order chi connectivity index (χ1) is 30.5. The SMILES string of the molecule is CCCCC/C=C\C/C=C\C/C=C\C/C=C\CCCC(CC(=O)NC(CO)C(O)CCCCCCCCCCC)OC(=O)CCCCCC/C=C\C/C=C\C/C=C\CCCCC. The smallest absolute Gasteiger partial charge is 0.306 e. The van der Waals surface area contributed by atoms with E-state index in [0.717, 1.165) is 96.3 Å². The van der Waals surface area contributed by atoms with Gasteiger partial charge in [-0.25, -0.2) is 0 Å². The average molecular weight is 864 g/mol. The summed E-state index contributed by atoms with van der Waals surface area (Å²) in [5, 5.41) is 23.7. The third-order valence-corrected chi connectivity index (χ3v) is 11.2. The predicted molar refractivity (Wildman–Crippen MR) is 268 cm³/mol. The lowest BCUT2D eigenvalue weighted by atomic mass is 10.0. The molecule has 0 rings (SSSR count). The molecule has 0 fully saturated rings. The van der Waals surface area contributed by atoms with Crippen LogP contribution in [0.2, 0.25) is 0 Å². The maximum atomic E-state index is 13.2. The van der Waals surface area contributed by atoms with Crippen LogP contribution in [-0.4, -0.2) is 46.9 Å². The molecule has 6 heteroatoms. The van der Waals surface area contributed by atoms with Crippen molar-refractivity contribution in [2.45, 2.75) is 251 Å². The highest BCUT2D eigenvalue weighted by molar-refractivity contribution is 5.77. The number of unbranched alkanes of at least 4 members (excludes halogenated alkanes) is 19. The average Bonchev–Trinajstić information content (AvgIpc) is 3.26. The molecule has 0 heterocycles. The molecule has 0 bridgehead atoms. The highest BCUT2D eigenvalue weighted by Crippen LogP contribution is 2.16. The van der Waals surface area contributed by atoms with Gasteiger partial charge < -0.3 is 20.3 Å². The molecule has 0 radical (unpaired) electrons. The van der Waals surface area contributed by atoms with E-state index < -0.39 is 18.2 Å². The molecule has 0 saturated carbocycles. The van der Waals surface area contributed by atoms with Gasteiger partial charge in [-0.05, 0) is 103 Å². The standard InChI is InChI=1S/C56H97NO5/c1-4-7-10-13-16-19-21-23-25-27-29-31-33-36-38-41-44-47-52(50-55(60)57-53(51-58)54(59)48-45-42-39-35-18-15-12-9-6-3)62-56(61)49-46-43-40-37-34-32-30-28-26-24-22-20-17-14-11-8-5-2/h16-17,19-20,23-26,29-32,36,38,52-54,58-59H,4-15,18,21-22,27-28,33-35,37,39-51H2,1-3H3,(H,57,60)/b19-16-,20-17-,25-23-,26-24-,31-29-,32-30-,38-36-. The van der Waals surface area contributed by atoms with Gasteiger partial charge in [0.1, 0.15) is 6.10 Å². The number of aliphatic hydroxyl groups is 2. The summed E-state index contributed by atoms with van der Waals surface area (Å²) in [6, 6.07) is -0.727. The molecule has 0 aliphatic heterocycles. The van der Waals surface area contributed by atoms with E-state index in [2.05, 4.69) is 111 Å². The van der Waals surface area contributed by atoms with Gasteiger partial charge in [0.05, 0.1) is 25.2 Å². The van der Waals surface area contributed by atoms with Crippen LogP contribution >= 0.6 is 0 Å². The van der Waals surface area contributed by atoms with Crippen LogP contribution in [0.1, 0.15) is 233 Å². The Labute approximate surface area is 383 Å². The number of esters is 1. The maximum absolute atomic E-state index is 13.2. The summed E-state index contributed by atoms with van der Waals surface area (Å²) in [6.45, 7) is 6.38. The molecule has 62 heavy (non-hydrogen) atoms. The molecule has 3 atom stereocenters. The van der Waals surface area contributed by atoms with Crippen molar-refractivity contribution in [1.82, 2.24) is 5.32 Å². The first-order valence-electron chi connectivity index (χ1n) is 25.8. The van der Waals surface area contributed by atoms with Crippen LogP contribution in [0.3, 0.4) is 0 Å². The number of rotatable bonds is 45. The third-order valence-electron chi connectivity index (χ3n) is 11.2. The lowest BCUT2D eigenvalue weighted by Gasteiger charge is -2.24. The van der Waals surface area contributed by atoms with Crippen LogP contribution in [0.25, 0.3) is 0 Å². The number of carbonyl (C=O) groups is 2. The Balaban J connectivity index is 4.74. The number of hydrogen-bond acceptors (Lipinski definition) is 5. The maximum Gasteiger partial charge on any atom is 0.306 e. The summed E-state index contributed by atoms with van der Waals surface area (Å²) in [4.78, 5) is 26.1. The molecule has 0 aromatic heterocycles. The van der Waals surface area contributed by atoms with Crippen molar-refractivity contribution in [3.05, 3.63) is 85.1 Å². The largest absolute Gasteiger partial charge is 0.462 e. The van der Waals surface area contributed by atoms with E-state index in [1.165, 1.54) is 89.9 Å². The minimum atomic E-state index is -0.809. The number of hydrogen-bond donors (Lipinski definition) is 3. The summed E-state index contributed by atoms with van der Waals surface area (Å²) < 4.78 is 5.90. The summed E-state index contributed by atoms with van der Waals surface area (Å²) in [6.07, 6.45) is 63.6. The van der Waals surface area contributed by atoms with Gasteiger partial charge in [-0.15, -0.1) is 0 Å². The number of aliphatic hydroxyl groups excluding tert-OH is 2. The molecule has 0 aliphatic rings. The first kappa shape index (κ1) is 59.0. The Morgan fingerprint density at radius 2 is 0.839 bits per heavy atom. The highest BCUT2D eigenvalue weighted by atomic mass is 16.5. The molecule has 0 aromatic carbocycles. The highest BCUT2D eigenvalue weighted by Gasteiger charge is 2.24. The van der Waals surface area contributed by atoms with Gasteiger partial charge in [0.15, 0.2) is 0 Å². The Morgan fingerprint density at radius 1 is 0.468 bits per heavy atom.